The van der Waals surface area contributed by atoms with E-state index in [0.29, 0.717) is 5.92 Å². The lowest BCUT2D eigenvalue weighted by Gasteiger charge is -2.36. The molecule has 63 heavy (non-hydrogen) atoms. The molecule has 7 aromatic rings. The molecule has 2 heteroatoms. The predicted octanol–water partition coefficient (Wildman–Crippen LogP) is 15.1. The van der Waals surface area contributed by atoms with Gasteiger partial charge in [0.25, 0.3) is 0 Å². The van der Waals surface area contributed by atoms with Crippen molar-refractivity contribution in [3.05, 3.63) is 238 Å². The van der Waals surface area contributed by atoms with Gasteiger partial charge in [0.1, 0.15) is 5.84 Å². The Hall–Kier alpha value is -6.77. The quantitative estimate of drug-likeness (QED) is 0.178. The van der Waals surface area contributed by atoms with Gasteiger partial charge in [-0.2, -0.15) is 0 Å². The highest BCUT2D eigenvalue weighted by atomic mass is 15.0. The van der Waals surface area contributed by atoms with Gasteiger partial charge in [-0.05, 0) is 121 Å². The third-order valence-corrected chi connectivity index (χ3v) is 15.1. The van der Waals surface area contributed by atoms with Crippen molar-refractivity contribution in [2.45, 2.75) is 75.2 Å². The Balaban J connectivity index is 0.870. The molecule has 2 nitrogen and oxygen atoms in total. The predicted molar refractivity (Wildman–Crippen MR) is 263 cm³/mol. The Kier molecular flexibility index (Phi) is 9.01. The summed E-state index contributed by atoms with van der Waals surface area (Å²) >= 11 is 0. The second-order valence-electron chi connectivity index (χ2n) is 19.0. The number of nitrogens with one attached hydrogen (secondary N) is 1. The highest BCUT2D eigenvalue weighted by Crippen LogP contribution is 2.61. The third kappa shape index (κ3) is 6.25. The molecule has 1 aliphatic heterocycles. The second kappa shape index (κ2) is 15.0. The largest absolute Gasteiger partial charge is 0.340 e. The standard InChI is InChI=1S/C61H52N2/c1-60(2)52-24-11-10-22-49(52)50-37-55-51(38-54(50)60)58-48(23-15-25-53(58)61(55)34-12-5-13-35-61)43-30-26-42(27-31-43)46-20-14-21-47(36-46)57-39-56(62-59(63-57)45-18-8-4-9-19-45)44-32-28-41(29-33-44)40-16-6-3-7-17-40/h3-4,6-11,14-26,28-33,36-39,42,57H,5,12-13,27,34-35H2,1-2H3,(H,62,63). The van der Waals surface area contributed by atoms with Crippen LogP contribution < -0.4 is 5.32 Å². The molecule has 1 fully saturated rings. The zero-order valence-corrected chi connectivity index (χ0v) is 36.2. The molecule has 0 radical (unpaired) electrons. The third-order valence-electron chi connectivity index (χ3n) is 15.1. The molecule has 1 spiro atoms. The maximum Gasteiger partial charge on any atom is 0.133 e. The summed E-state index contributed by atoms with van der Waals surface area (Å²) in [5.41, 5.74) is 23.0. The zero-order valence-electron chi connectivity index (χ0n) is 36.2. The van der Waals surface area contributed by atoms with Gasteiger partial charge in [-0.15, -0.1) is 0 Å². The fourth-order valence-corrected chi connectivity index (χ4v) is 11.8. The first-order valence-electron chi connectivity index (χ1n) is 23.1. The van der Waals surface area contributed by atoms with Crippen molar-refractivity contribution in [2.75, 3.05) is 0 Å². The molecule has 0 saturated heterocycles. The van der Waals surface area contributed by atoms with Gasteiger partial charge in [-0.3, -0.25) is 4.99 Å². The molecule has 0 amide bonds. The number of nitrogens with zero attached hydrogens (tertiary/aromatic N) is 1. The summed E-state index contributed by atoms with van der Waals surface area (Å²) in [5.74, 6) is 1.18. The summed E-state index contributed by atoms with van der Waals surface area (Å²) in [6.45, 7) is 4.84. The van der Waals surface area contributed by atoms with Crippen molar-refractivity contribution < 1.29 is 0 Å². The van der Waals surface area contributed by atoms with E-state index >= 15 is 0 Å². The lowest BCUT2D eigenvalue weighted by molar-refractivity contribution is 0.353. The summed E-state index contributed by atoms with van der Waals surface area (Å²) in [6.07, 6.45) is 17.0. The monoisotopic (exact) mass is 812 g/mol. The van der Waals surface area contributed by atoms with Gasteiger partial charge in [0.2, 0.25) is 0 Å². The van der Waals surface area contributed by atoms with Gasteiger partial charge in [0, 0.05) is 28.0 Å². The molecule has 2 unspecified atom stereocenters. The summed E-state index contributed by atoms with van der Waals surface area (Å²) in [6, 6.07) is 60.6. The molecule has 1 saturated carbocycles. The van der Waals surface area contributed by atoms with Crippen LogP contribution in [-0.2, 0) is 10.8 Å². The number of allylic oxidation sites excluding steroid dienone is 4. The van der Waals surface area contributed by atoms with Crippen molar-refractivity contribution >= 4 is 17.1 Å². The summed E-state index contributed by atoms with van der Waals surface area (Å²) < 4.78 is 0. The van der Waals surface area contributed by atoms with Crippen molar-refractivity contribution in [1.29, 1.82) is 0 Å². The SMILES string of the molecule is CC1(C)c2ccccc2-c2cc3c(cc21)-c1c(C2=CCC(c4cccc(C5C=C(c6ccc(-c7ccccc7)cc6)NC(c6ccccc6)=N5)c4)C=C2)cccc1C31CCCCC1. The van der Waals surface area contributed by atoms with Crippen molar-refractivity contribution in [1.82, 2.24) is 5.32 Å². The molecule has 0 aromatic heterocycles. The number of rotatable bonds is 6. The fourth-order valence-electron chi connectivity index (χ4n) is 11.8. The minimum atomic E-state index is -0.123. The number of fused-ring (bicyclic) bond motifs is 8. The summed E-state index contributed by atoms with van der Waals surface area (Å²) in [5, 5.41) is 3.70. The molecule has 1 heterocycles. The Labute approximate surface area is 372 Å². The van der Waals surface area contributed by atoms with Crippen LogP contribution in [0.2, 0.25) is 0 Å². The van der Waals surface area contributed by atoms with Crippen LogP contribution in [-0.4, -0.2) is 5.84 Å². The zero-order chi connectivity index (χ0) is 42.1. The van der Waals surface area contributed by atoms with Crippen LogP contribution in [0.25, 0.3) is 44.7 Å². The Morgan fingerprint density at radius 1 is 0.524 bits per heavy atom. The molecule has 0 bridgehead atoms. The lowest BCUT2D eigenvalue weighted by Crippen LogP contribution is -2.28. The van der Waals surface area contributed by atoms with E-state index in [0.717, 1.165) is 29.1 Å². The fraction of sp³-hybridized carbons (Fsp3) is 0.197. The molecular formula is C61H52N2. The first kappa shape index (κ1) is 37.9. The van der Waals surface area contributed by atoms with E-state index in [2.05, 4.69) is 207 Å². The van der Waals surface area contributed by atoms with E-state index in [-0.39, 0.29) is 16.9 Å². The lowest BCUT2D eigenvalue weighted by atomic mass is 9.67. The first-order valence-corrected chi connectivity index (χ1v) is 23.1. The Bertz CT molecular complexity index is 3040. The molecule has 1 N–H and O–H groups in total. The van der Waals surface area contributed by atoms with E-state index in [4.69, 9.17) is 4.99 Å². The number of benzene rings is 7. The molecule has 5 aliphatic rings. The summed E-state index contributed by atoms with van der Waals surface area (Å²) in [7, 11) is 0. The maximum absolute atomic E-state index is 5.33. The molecule has 2 atom stereocenters. The van der Waals surface area contributed by atoms with Gasteiger partial charge in [-0.25, -0.2) is 0 Å². The average molecular weight is 813 g/mol. The second-order valence-corrected chi connectivity index (χ2v) is 19.0. The molecule has 306 valence electrons. The van der Waals surface area contributed by atoms with Crippen molar-refractivity contribution in [3.63, 3.8) is 0 Å². The molecule has 4 aliphatic carbocycles. The number of hydrogen-bond donors (Lipinski definition) is 1. The van der Waals surface area contributed by atoms with Crippen LogP contribution in [0, 0.1) is 0 Å². The van der Waals surface area contributed by atoms with Crippen LogP contribution in [0.3, 0.4) is 0 Å². The normalized spacial score (nSPS) is 19.8. The minimum absolute atomic E-state index is 0.0296. The number of hydrogen-bond acceptors (Lipinski definition) is 2. The van der Waals surface area contributed by atoms with Gasteiger partial charge in [0.15, 0.2) is 0 Å². The van der Waals surface area contributed by atoms with E-state index in [1.807, 2.05) is 0 Å². The average Bonchev–Trinajstić information content (AvgIpc) is 3.74. The highest BCUT2D eigenvalue weighted by molar-refractivity contribution is 6.05. The van der Waals surface area contributed by atoms with E-state index in [1.165, 1.54) is 98.9 Å². The van der Waals surface area contributed by atoms with Crippen LogP contribution in [0.5, 0.6) is 0 Å². The molecule has 12 rings (SSSR count). The van der Waals surface area contributed by atoms with Gasteiger partial charge in [0.05, 0.1) is 6.04 Å². The topological polar surface area (TPSA) is 24.4 Å². The number of aliphatic imine (C=N–C) groups is 1. The number of amidine groups is 1. The van der Waals surface area contributed by atoms with Crippen LogP contribution in [0.15, 0.2) is 193 Å². The van der Waals surface area contributed by atoms with Gasteiger partial charge < -0.3 is 5.32 Å². The Morgan fingerprint density at radius 2 is 1.17 bits per heavy atom. The van der Waals surface area contributed by atoms with E-state index in [9.17, 15) is 0 Å². The summed E-state index contributed by atoms with van der Waals surface area (Å²) in [4.78, 5) is 5.33. The van der Waals surface area contributed by atoms with Gasteiger partial charge in [-0.1, -0.05) is 203 Å². The van der Waals surface area contributed by atoms with Crippen LogP contribution in [0.4, 0.5) is 0 Å². The first-order chi connectivity index (χ1) is 30.9. The van der Waals surface area contributed by atoms with Crippen molar-refractivity contribution in [3.8, 4) is 33.4 Å². The van der Waals surface area contributed by atoms with E-state index in [1.54, 1.807) is 11.1 Å². The maximum atomic E-state index is 5.33. The van der Waals surface area contributed by atoms with Gasteiger partial charge >= 0.3 is 0 Å². The van der Waals surface area contributed by atoms with Crippen LogP contribution >= 0.6 is 0 Å². The molecule has 7 aromatic carbocycles. The van der Waals surface area contributed by atoms with E-state index < -0.39 is 0 Å². The minimum Gasteiger partial charge on any atom is -0.340 e. The Morgan fingerprint density at radius 3 is 1.95 bits per heavy atom. The highest BCUT2D eigenvalue weighted by Gasteiger charge is 2.47. The molecular weight excluding hydrogens is 761 g/mol. The smallest absolute Gasteiger partial charge is 0.133 e. The van der Waals surface area contributed by atoms with Crippen molar-refractivity contribution in [2.24, 2.45) is 4.99 Å². The van der Waals surface area contributed by atoms with Crippen LogP contribution in [0.1, 0.15) is 114 Å².